The molecule has 1 aliphatic rings. The van der Waals surface area contributed by atoms with Crippen molar-refractivity contribution < 1.29 is 14.3 Å². The Morgan fingerprint density at radius 2 is 2.05 bits per heavy atom. The highest BCUT2D eigenvalue weighted by molar-refractivity contribution is 5.94. The van der Waals surface area contributed by atoms with Crippen LogP contribution in [0.2, 0.25) is 0 Å². The summed E-state index contributed by atoms with van der Waals surface area (Å²) in [5.41, 5.74) is 0.567. The van der Waals surface area contributed by atoms with E-state index in [1.54, 1.807) is 24.5 Å². The van der Waals surface area contributed by atoms with Gasteiger partial charge in [-0.1, -0.05) is 0 Å². The molecule has 0 aromatic carbocycles. The second-order valence-corrected chi connectivity index (χ2v) is 4.79. The number of methoxy groups -OCH3 is 1. The molecular weight excluding hydrogens is 244 g/mol. The summed E-state index contributed by atoms with van der Waals surface area (Å²) in [6, 6.07) is 3.61. The highest BCUT2D eigenvalue weighted by Gasteiger charge is 2.27. The van der Waals surface area contributed by atoms with E-state index in [2.05, 4.69) is 10.3 Å². The van der Waals surface area contributed by atoms with Crippen LogP contribution in [0.15, 0.2) is 24.5 Å². The van der Waals surface area contributed by atoms with Crippen LogP contribution in [0.5, 0.6) is 0 Å². The van der Waals surface area contributed by atoms with Gasteiger partial charge in [0.05, 0.1) is 18.6 Å². The highest BCUT2D eigenvalue weighted by atomic mass is 16.5. The first kappa shape index (κ1) is 13.5. The van der Waals surface area contributed by atoms with Gasteiger partial charge in [0.15, 0.2) is 0 Å². The van der Waals surface area contributed by atoms with Crippen LogP contribution >= 0.6 is 0 Å². The van der Waals surface area contributed by atoms with Crippen molar-refractivity contribution in [2.45, 2.75) is 31.7 Å². The van der Waals surface area contributed by atoms with Gasteiger partial charge in [-0.3, -0.25) is 14.6 Å². The van der Waals surface area contributed by atoms with Gasteiger partial charge in [0, 0.05) is 18.4 Å². The number of nitrogens with zero attached hydrogens (tertiary/aromatic N) is 1. The number of hydrogen-bond donors (Lipinski definition) is 1. The maximum atomic E-state index is 11.9. The average Bonchev–Trinajstić information content (AvgIpc) is 2.48. The van der Waals surface area contributed by atoms with Crippen LogP contribution in [0.1, 0.15) is 36.0 Å². The Bertz CT molecular complexity index is 439. The van der Waals surface area contributed by atoms with Crippen molar-refractivity contribution in [3.8, 4) is 0 Å². The van der Waals surface area contributed by atoms with Crippen LogP contribution in [-0.4, -0.2) is 30.0 Å². The van der Waals surface area contributed by atoms with Crippen molar-refractivity contribution in [2.24, 2.45) is 5.92 Å². The minimum Gasteiger partial charge on any atom is -0.469 e. The number of pyridine rings is 1. The number of esters is 1. The Morgan fingerprint density at radius 3 is 2.63 bits per heavy atom. The van der Waals surface area contributed by atoms with E-state index in [1.165, 1.54) is 7.11 Å². The van der Waals surface area contributed by atoms with Gasteiger partial charge in [0.25, 0.3) is 5.91 Å². The molecule has 1 amide bonds. The molecule has 1 saturated carbocycles. The van der Waals surface area contributed by atoms with Gasteiger partial charge in [0.2, 0.25) is 0 Å². The van der Waals surface area contributed by atoms with Gasteiger partial charge >= 0.3 is 5.97 Å². The summed E-state index contributed by atoms with van der Waals surface area (Å²) in [5, 5.41) is 2.98. The van der Waals surface area contributed by atoms with Crippen molar-refractivity contribution >= 4 is 11.9 Å². The van der Waals surface area contributed by atoms with Crippen LogP contribution in [0, 0.1) is 5.92 Å². The average molecular weight is 262 g/mol. The number of nitrogens with one attached hydrogen (secondary N) is 1. The molecule has 0 saturated heterocycles. The van der Waals surface area contributed by atoms with Crippen molar-refractivity contribution in [3.63, 3.8) is 0 Å². The molecule has 0 bridgehead atoms. The van der Waals surface area contributed by atoms with Crippen molar-refractivity contribution in [1.82, 2.24) is 10.3 Å². The van der Waals surface area contributed by atoms with Crippen LogP contribution in [0.3, 0.4) is 0 Å². The van der Waals surface area contributed by atoms with E-state index >= 15 is 0 Å². The van der Waals surface area contributed by atoms with Gasteiger partial charge in [-0.2, -0.15) is 0 Å². The van der Waals surface area contributed by atoms with Crippen molar-refractivity contribution in [1.29, 1.82) is 0 Å². The molecule has 0 aliphatic heterocycles. The van der Waals surface area contributed by atoms with Gasteiger partial charge < -0.3 is 10.1 Å². The van der Waals surface area contributed by atoms with E-state index in [0.29, 0.717) is 5.56 Å². The quantitative estimate of drug-likeness (QED) is 0.839. The Kier molecular flexibility index (Phi) is 4.49. The lowest BCUT2D eigenvalue weighted by molar-refractivity contribution is -0.146. The molecule has 1 aromatic heterocycles. The monoisotopic (exact) mass is 262 g/mol. The first-order chi connectivity index (χ1) is 9.20. The zero-order valence-electron chi connectivity index (χ0n) is 11.0. The highest BCUT2D eigenvalue weighted by Crippen LogP contribution is 2.25. The molecule has 5 nitrogen and oxygen atoms in total. The zero-order valence-corrected chi connectivity index (χ0v) is 11.0. The fraction of sp³-hybridized carbons (Fsp3) is 0.500. The molecule has 0 atom stereocenters. The third kappa shape index (κ3) is 3.53. The molecular formula is C14H18N2O3. The maximum absolute atomic E-state index is 11.9. The molecule has 0 unspecified atom stereocenters. The predicted octanol–water partition coefficient (Wildman–Crippen LogP) is 1.54. The Hall–Kier alpha value is -1.91. The van der Waals surface area contributed by atoms with E-state index in [9.17, 15) is 9.59 Å². The largest absolute Gasteiger partial charge is 0.469 e. The van der Waals surface area contributed by atoms with Crippen LogP contribution in [0.4, 0.5) is 0 Å². The molecule has 2 rings (SSSR count). The van der Waals surface area contributed by atoms with E-state index in [1.807, 2.05) is 0 Å². The smallest absolute Gasteiger partial charge is 0.308 e. The van der Waals surface area contributed by atoms with Crippen LogP contribution in [-0.2, 0) is 9.53 Å². The second kappa shape index (κ2) is 6.31. The number of carbonyl (C=O) groups excluding carboxylic acids is 2. The minimum absolute atomic E-state index is 0.0171. The Labute approximate surface area is 112 Å². The molecule has 1 aromatic rings. The van der Waals surface area contributed by atoms with E-state index in [4.69, 9.17) is 4.74 Å². The zero-order chi connectivity index (χ0) is 13.7. The second-order valence-electron chi connectivity index (χ2n) is 4.79. The summed E-state index contributed by atoms with van der Waals surface area (Å²) in [6.45, 7) is 0. The van der Waals surface area contributed by atoms with Gasteiger partial charge in [0.1, 0.15) is 0 Å². The van der Waals surface area contributed by atoms with Gasteiger partial charge in [-0.15, -0.1) is 0 Å². The maximum Gasteiger partial charge on any atom is 0.308 e. The topological polar surface area (TPSA) is 68.3 Å². The summed E-state index contributed by atoms with van der Waals surface area (Å²) in [4.78, 5) is 27.3. The minimum atomic E-state index is -0.142. The van der Waals surface area contributed by atoms with E-state index in [-0.39, 0.29) is 23.8 Å². The molecule has 1 fully saturated rings. The molecule has 19 heavy (non-hydrogen) atoms. The summed E-state index contributed by atoms with van der Waals surface area (Å²) in [5.74, 6) is -0.261. The summed E-state index contributed by atoms with van der Waals surface area (Å²) in [6.07, 6.45) is 6.35. The number of aromatic nitrogens is 1. The Morgan fingerprint density at radius 1 is 1.32 bits per heavy atom. The number of carbonyl (C=O) groups is 2. The molecule has 1 aliphatic carbocycles. The fourth-order valence-electron chi connectivity index (χ4n) is 2.41. The number of amides is 1. The first-order valence-corrected chi connectivity index (χ1v) is 6.49. The third-order valence-electron chi connectivity index (χ3n) is 3.52. The van der Waals surface area contributed by atoms with Gasteiger partial charge in [-0.25, -0.2) is 0 Å². The summed E-state index contributed by atoms with van der Waals surface area (Å²) < 4.78 is 4.74. The summed E-state index contributed by atoms with van der Waals surface area (Å²) in [7, 11) is 1.42. The fourth-order valence-corrected chi connectivity index (χ4v) is 2.41. The third-order valence-corrected chi connectivity index (χ3v) is 3.52. The molecule has 1 N–H and O–H groups in total. The molecule has 1 heterocycles. The van der Waals surface area contributed by atoms with Crippen LogP contribution < -0.4 is 5.32 Å². The molecule has 0 spiro atoms. The van der Waals surface area contributed by atoms with Gasteiger partial charge in [-0.05, 0) is 37.8 Å². The molecule has 5 heteroatoms. The predicted molar refractivity (Wildman–Crippen MR) is 69.5 cm³/mol. The lowest BCUT2D eigenvalue weighted by Gasteiger charge is -2.27. The number of rotatable bonds is 3. The molecule has 102 valence electrons. The number of ether oxygens (including phenoxy) is 1. The van der Waals surface area contributed by atoms with E-state index in [0.717, 1.165) is 25.7 Å². The normalized spacial score (nSPS) is 22.6. The Balaban J connectivity index is 1.83. The standard InChI is InChI=1S/C14H18N2O3/c1-19-14(18)10-4-6-12(7-5-10)16-13(17)11-3-2-8-15-9-11/h2-3,8-10,12H,4-7H2,1H3,(H,16,17). The molecule has 0 radical (unpaired) electrons. The number of hydrogen-bond acceptors (Lipinski definition) is 4. The summed E-state index contributed by atoms with van der Waals surface area (Å²) >= 11 is 0. The first-order valence-electron chi connectivity index (χ1n) is 6.49. The lowest BCUT2D eigenvalue weighted by Crippen LogP contribution is -2.38. The van der Waals surface area contributed by atoms with E-state index < -0.39 is 0 Å². The van der Waals surface area contributed by atoms with Crippen molar-refractivity contribution in [2.75, 3.05) is 7.11 Å². The SMILES string of the molecule is COC(=O)C1CCC(NC(=O)c2cccnc2)CC1. The van der Waals surface area contributed by atoms with Crippen LogP contribution in [0.25, 0.3) is 0 Å². The van der Waals surface area contributed by atoms with Crippen molar-refractivity contribution in [3.05, 3.63) is 30.1 Å². The lowest BCUT2D eigenvalue weighted by atomic mass is 9.86.